The molecule has 0 aliphatic rings. The van der Waals surface area contributed by atoms with Crippen LogP contribution in [0.4, 0.5) is 0 Å². The van der Waals surface area contributed by atoms with E-state index >= 15 is 0 Å². The van der Waals surface area contributed by atoms with Crippen molar-refractivity contribution in [3.63, 3.8) is 0 Å². The number of carbonyl (C=O) groups excluding carboxylic acids is 2. The molecule has 0 bridgehead atoms. The first-order chi connectivity index (χ1) is 2.83. The Hall–Kier alpha value is 0.459. The Morgan fingerprint density at radius 1 is 1.00 bits per heavy atom. The Morgan fingerprint density at radius 2 is 1.00 bits per heavy atom. The minimum Gasteiger partial charge on any atom is -0.671 e. The van der Waals surface area contributed by atoms with E-state index in [1.807, 2.05) is 0 Å². The van der Waals surface area contributed by atoms with Gasteiger partial charge >= 0.3 is 46.9 Å². The summed E-state index contributed by atoms with van der Waals surface area (Å²) in [5.41, 5.74) is 11.1. The van der Waals surface area contributed by atoms with Crippen molar-refractivity contribution in [1.29, 1.82) is 0 Å². The zero-order valence-corrected chi connectivity index (χ0v) is 4.95. The van der Waals surface area contributed by atoms with Gasteiger partial charge in [-0.2, -0.15) is 0 Å². The van der Waals surface area contributed by atoms with E-state index in [9.17, 15) is 0 Å². The molecule has 0 saturated heterocycles. The van der Waals surface area contributed by atoms with E-state index in [-0.39, 0.29) is 59.7 Å². The fourth-order valence-electron chi connectivity index (χ4n) is 0. The van der Waals surface area contributed by atoms with Crippen LogP contribution in [-0.4, -0.2) is 12.8 Å². The van der Waals surface area contributed by atoms with Crippen LogP contribution in [0.3, 0.4) is 0 Å². The standard InChI is InChI=1S/2CH3NO.Yb/c2*2-1-3;/h2*1H,(H2,2,3);/q;;+2/p-2. The van der Waals surface area contributed by atoms with E-state index in [1.54, 1.807) is 0 Å². The maximum absolute atomic E-state index is 8.47. The molecule has 0 rings (SSSR count). The van der Waals surface area contributed by atoms with Crippen molar-refractivity contribution in [2.24, 2.45) is 0 Å². The van der Waals surface area contributed by atoms with E-state index in [0.29, 0.717) is 0 Å². The zero-order chi connectivity index (χ0) is 5.41. The number of carbonyl (C=O) groups is 2. The summed E-state index contributed by atoms with van der Waals surface area (Å²) in [7, 11) is 0. The summed E-state index contributed by atoms with van der Waals surface area (Å²) in [6.07, 6.45) is 0. The largest absolute Gasteiger partial charge is 2.00 e. The van der Waals surface area contributed by atoms with Gasteiger partial charge in [-0.05, 0) is 0 Å². The van der Waals surface area contributed by atoms with Gasteiger partial charge in [-0.1, -0.05) is 0 Å². The van der Waals surface area contributed by atoms with Crippen molar-refractivity contribution in [3.8, 4) is 0 Å². The van der Waals surface area contributed by atoms with Crippen molar-refractivity contribution in [3.05, 3.63) is 11.5 Å². The Kier molecular flexibility index (Phi) is 71.2. The average Bonchev–Trinajstić information content (AvgIpc) is 1.39. The van der Waals surface area contributed by atoms with E-state index in [1.165, 1.54) is 0 Å². The number of rotatable bonds is 0. The molecular formula is C2H4N2O2Yb. The van der Waals surface area contributed by atoms with Gasteiger partial charge in [-0.25, -0.2) is 0 Å². The number of amides is 2. The van der Waals surface area contributed by atoms with E-state index in [0.717, 1.165) is 0 Å². The molecule has 0 aromatic carbocycles. The normalized spacial score (nSPS) is 3.43. The smallest absolute Gasteiger partial charge is 0.671 e. The van der Waals surface area contributed by atoms with Gasteiger partial charge in [0, 0.05) is 12.8 Å². The second-order valence-corrected chi connectivity index (χ2v) is 0.236. The first-order valence-electron chi connectivity index (χ1n) is 1.05. The predicted molar refractivity (Wildman–Crippen MR) is 20.8 cm³/mol. The summed E-state index contributed by atoms with van der Waals surface area (Å²) in [5, 5.41) is 0. The van der Waals surface area contributed by atoms with E-state index < -0.39 is 0 Å². The van der Waals surface area contributed by atoms with Gasteiger partial charge in [0.25, 0.3) is 0 Å². The molecule has 2 N–H and O–H groups in total. The maximum atomic E-state index is 8.47. The molecule has 0 fully saturated rings. The quantitative estimate of drug-likeness (QED) is 0.591. The second kappa shape index (κ2) is 31.8. The van der Waals surface area contributed by atoms with E-state index in [2.05, 4.69) is 0 Å². The van der Waals surface area contributed by atoms with Gasteiger partial charge in [0.15, 0.2) is 0 Å². The Bertz CT molecular complexity index is 34.7. The number of hydrogen-bond acceptors (Lipinski definition) is 2. The molecule has 0 spiro atoms. The Labute approximate surface area is 79.9 Å². The fraction of sp³-hybridized carbons (Fsp3) is 0. The first-order valence-corrected chi connectivity index (χ1v) is 1.05. The summed E-state index contributed by atoms with van der Waals surface area (Å²) in [4.78, 5) is 16.9. The molecule has 0 atom stereocenters. The van der Waals surface area contributed by atoms with Crippen LogP contribution < -0.4 is 0 Å². The molecule has 0 saturated carbocycles. The van der Waals surface area contributed by atoms with Crippen LogP contribution in [0.2, 0.25) is 0 Å². The van der Waals surface area contributed by atoms with Crippen molar-refractivity contribution < 1.29 is 56.5 Å². The van der Waals surface area contributed by atoms with Crippen molar-refractivity contribution in [2.75, 3.05) is 0 Å². The van der Waals surface area contributed by atoms with Gasteiger partial charge in [-0.15, -0.1) is 0 Å². The van der Waals surface area contributed by atoms with E-state index in [4.69, 9.17) is 21.1 Å². The SMILES string of the molecule is [NH-]C=O.[NH-]C=O.[Yb+2]. The number of nitrogens with one attached hydrogen (secondary N) is 2. The molecule has 7 heavy (non-hydrogen) atoms. The maximum Gasteiger partial charge on any atom is 2.00 e. The van der Waals surface area contributed by atoms with Crippen LogP contribution in [0.1, 0.15) is 0 Å². The molecular weight excluding hydrogens is 257 g/mol. The van der Waals surface area contributed by atoms with Gasteiger partial charge in [0.1, 0.15) is 0 Å². The molecule has 0 aromatic heterocycles. The Morgan fingerprint density at radius 3 is 1.00 bits per heavy atom. The van der Waals surface area contributed by atoms with Crippen LogP contribution in [0.15, 0.2) is 0 Å². The van der Waals surface area contributed by atoms with Crippen LogP contribution in [0.5, 0.6) is 0 Å². The molecule has 0 aromatic rings. The summed E-state index contributed by atoms with van der Waals surface area (Å²) < 4.78 is 0. The summed E-state index contributed by atoms with van der Waals surface area (Å²) in [6, 6.07) is 0. The molecule has 0 unspecified atom stereocenters. The third kappa shape index (κ3) is 608. The predicted octanol–water partition coefficient (Wildman–Crippen LogP) is 0.390. The van der Waals surface area contributed by atoms with Crippen molar-refractivity contribution >= 4 is 12.8 Å². The van der Waals surface area contributed by atoms with Gasteiger partial charge < -0.3 is 21.1 Å². The third-order valence-electron chi connectivity index (χ3n) is 0. The Balaban J connectivity index is -0.0000000400. The summed E-state index contributed by atoms with van der Waals surface area (Å²) in [6.45, 7) is 0. The third-order valence-corrected chi connectivity index (χ3v) is 0. The second-order valence-electron chi connectivity index (χ2n) is 0.236. The molecule has 5 heteroatoms. The molecule has 4 nitrogen and oxygen atoms in total. The fourth-order valence-corrected chi connectivity index (χ4v) is 0. The van der Waals surface area contributed by atoms with Gasteiger partial charge in [-0.3, -0.25) is 0 Å². The monoisotopic (exact) mass is 262 g/mol. The number of hydrogen-bond donors (Lipinski definition) is 0. The molecule has 48 valence electrons. The molecule has 2 amide bonds. The van der Waals surface area contributed by atoms with Gasteiger partial charge in [0.05, 0.1) is 0 Å². The topological polar surface area (TPSA) is 81.7 Å². The van der Waals surface area contributed by atoms with Crippen LogP contribution in [0.25, 0.3) is 11.5 Å². The van der Waals surface area contributed by atoms with Crippen LogP contribution >= 0.6 is 0 Å². The minimum absolute atomic E-state index is 0. The zero-order valence-electron chi connectivity index (χ0n) is 3.24. The average molecular weight is 261 g/mol. The molecule has 0 aliphatic heterocycles. The summed E-state index contributed by atoms with van der Waals surface area (Å²) >= 11 is 0. The molecule has 0 aliphatic carbocycles. The molecule has 0 heterocycles. The van der Waals surface area contributed by atoms with Crippen molar-refractivity contribution in [1.82, 2.24) is 0 Å². The first kappa shape index (κ1) is 15.7. The van der Waals surface area contributed by atoms with Crippen molar-refractivity contribution in [2.45, 2.75) is 0 Å². The van der Waals surface area contributed by atoms with Crippen LogP contribution in [0, 0.1) is 46.9 Å². The summed E-state index contributed by atoms with van der Waals surface area (Å²) in [5.74, 6) is 0. The minimum atomic E-state index is 0. The van der Waals surface area contributed by atoms with Crippen LogP contribution in [-0.2, 0) is 9.59 Å². The van der Waals surface area contributed by atoms with Gasteiger partial charge in [0.2, 0.25) is 0 Å². The molecule has 0 radical (unpaired) electrons.